The third-order valence-electron chi connectivity index (χ3n) is 3.47. The van der Waals surface area contributed by atoms with Gasteiger partial charge >= 0.3 is 0 Å². The molecule has 0 bridgehead atoms. The lowest BCUT2D eigenvalue weighted by Crippen LogP contribution is -2.15. The number of nitrogens with two attached hydrogens (primary N) is 1. The lowest BCUT2D eigenvalue weighted by atomic mass is 10.1. The standard InChI is InChI=1S/C15H16IN3S/c1-2-19-13-6-4-3-5-12(13)18-15(19)8-11(17)10-7-14(16)20-9-10/h3-7,9,11H,2,8,17H2,1H3. The zero-order chi connectivity index (χ0) is 14.1. The molecule has 0 amide bonds. The van der Waals surface area contributed by atoms with E-state index in [0.29, 0.717) is 0 Å². The van der Waals surface area contributed by atoms with Crippen molar-refractivity contribution in [2.75, 3.05) is 0 Å². The molecule has 1 unspecified atom stereocenters. The summed E-state index contributed by atoms with van der Waals surface area (Å²) in [5.74, 6) is 1.07. The molecule has 2 heterocycles. The molecule has 0 aliphatic rings. The second-order valence-electron chi connectivity index (χ2n) is 4.76. The number of nitrogens with zero attached hydrogens (tertiary/aromatic N) is 2. The summed E-state index contributed by atoms with van der Waals surface area (Å²) in [4.78, 5) is 4.74. The van der Waals surface area contributed by atoms with Crippen molar-refractivity contribution in [3.8, 4) is 0 Å². The number of aryl methyl sites for hydroxylation is 1. The first-order valence-electron chi connectivity index (χ1n) is 6.62. The van der Waals surface area contributed by atoms with Crippen LogP contribution in [0, 0.1) is 2.88 Å². The minimum absolute atomic E-state index is 0.0110. The minimum atomic E-state index is 0.0110. The van der Waals surface area contributed by atoms with Gasteiger partial charge in [-0.2, -0.15) is 0 Å². The molecule has 3 aromatic rings. The van der Waals surface area contributed by atoms with Crippen LogP contribution in [-0.2, 0) is 13.0 Å². The maximum absolute atomic E-state index is 6.34. The fourth-order valence-corrected chi connectivity index (χ4v) is 3.90. The number of imidazole rings is 1. The summed E-state index contributed by atoms with van der Waals surface area (Å²) in [5, 5.41) is 2.14. The molecule has 0 saturated carbocycles. The van der Waals surface area contributed by atoms with Gasteiger partial charge in [0.05, 0.1) is 13.9 Å². The fourth-order valence-electron chi connectivity index (χ4n) is 2.47. The summed E-state index contributed by atoms with van der Waals surface area (Å²) in [6, 6.07) is 10.4. The average Bonchev–Trinajstić information content (AvgIpc) is 3.01. The number of rotatable bonds is 4. The lowest BCUT2D eigenvalue weighted by molar-refractivity contribution is 0.638. The van der Waals surface area contributed by atoms with E-state index >= 15 is 0 Å². The Morgan fingerprint density at radius 3 is 2.90 bits per heavy atom. The van der Waals surface area contributed by atoms with Crippen LogP contribution in [-0.4, -0.2) is 9.55 Å². The Hall–Kier alpha value is -0.920. The van der Waals surface area contributed by atoms with Gasteiger partial charge in [0.1, 0.15) is 5.82 Å². The van der Waals surface area contributed by atoms with E-state index in [4.69, 9.17) is 10.7 Å². The topological polar surface area (TPSA) is 43.8 Å². The highest BCUT2D eigenvalue weighted by Gasteiger charge is 2.15. The molecule has 0 spiro atoms. The predicted octanol–water partition coefficient (Wildman–Crippen LogP) is 3.96. The molecule has 5 heteroatoms. The van der Waals surface area contributed by atoms with Crippen LogP contribution in [0.1, 0.15) is 24.4 Å². The lowest BCUT2D eigenvalue weighted by Gasteiger charge is -2.11. The molecule has 1 aromatic carbocycles. The van der Waals surface area contributed by atoms with E-state index in [2.05, 4.69) is 63.7 Å². The van der Waals surface area contributed by atoms with Gasteiger partial charge in [-0.05, 0) is 58.7 Å². The van der Waals surface area contributed by atoms with Crippen LogP contribution >= 0.6 is 33.9 Å². The van der Waals surface area contributed by atoms with Crippen molar-refractivity contribution in [3.05, 3.63) is 50.0 Å². The van der Waals surface area contributed by atoms with Crippen molar-refractivity contribution in [3.63, 3.8) is 0 Å². The van der Waals surface area contributed by atoms with Gasteiger partial charge < -0.3 is 10.3 Å². The average molecular weight is 397 g/mol. The molecule has 20 heavy (non-hydrogen) atoms. The maximum Gasteiger partial charge on any atom is 0.111 e. The van der Waals surface area contributed by atoms with E-state index in [9.17, 15) is 0 Å². The van der Waals surface area contributed by atoms with Crippen LogP contribution in [0.5, 0.6) is 0 Å². The van der Waals surface area contributed by atoms with Gasteiger partial charge in [0.2, 0.25) is 0 Å². The fraction of sp³-hybridized carbons (Fsp3) is 0.267. The largest absolute Gasteiger partial charge is 0.328 e. The summed E-state index contributed by atoms with van der Waals surface area (Å²) >= 11 is 4.07. The molecule has 3 rings (SSSR count). The molecular formula is C15H16IN3S. The molecule has 2 aromatic heterocycles. The highest BCUT2D eigenvalue weighted by molar-refractivity contribution is 14.1. The van der Waals surface area contributed by atoms with Gasteiger partial charge in [-0.3, -0.25) is 0 Å². The van der Waals surface area contributed by atoms with Crippen LogP contribution in [0.4, 0.5) is 0 Å². The van der Waals surface area contributed by atoms with E-state index < -0.39 is 0 Å². The summed E-state index contributed by atoms with van der Waals surface area (Å²) in [6.07, 6.45) is 0.773. The third kappa shape index (κ3) is 2.62. The van der Waals surface area contributed by atoms with Crippen molar-refractivity contribution in [2.45, 2.75) is 25.9 Å². The monoisotopic (exact) mass is 397 g/mol. The predicted molar refractivity (Wildman–Crippen MR) is 93.1 cm³/mol. The summed E-state index contributed by atoms with van der Waals surface area (Å²) in [6.45, 7) is 3.07. The molecule has 0 fully saturated rings. The quantitative estimate of drug-likeness (QED) is 0.678. The van der Waals surface area contributed by atoms with Crippen molar-refractivity contribution < 1.29 is 0 Å². The maximum atomic E-state index is 6.34. The highest BCUT2D eigenvalue weighted by atomic mass is 127. The first kappa shape index (κ1) is 14.0. The van der Waals surface area contributed by atoms with Crippen molar-refractivity contribution >= 4 is 45.0 Å². The number of thiophene rings is 1. The molecule has 0 aliphatic carbocycles. The Bertz CT molecular complexity index is 732. The van der Waals surface area contributed by atoms with Gasteiger partial charge in [0.25, 0.3) is 0 Å². The smallest absolute Gasteiger partial charge is 0.111 e. The first-order chi connectivity index (χ1) is 9.69. The molecule has 2 N–H and O–H groups in total. The van der Waals surface area contributed by atoms with E-state index in [1.807, 2.05) is 6.07 Å². The Balaban J connectivity index is 1.94. The number of halogens is 1. The van der Waals surface area contributed by atoms with Crippen LogP contribution in [0.3, 0.4) is 0 Å². The van der Waals surface area contributed by atoms with Crippen LogP contribution in [0.25, 0.3) is 11.0 Å². The molecule has 0 aliphatic heterocycles. The van der Waals surface area contributed by atoms with Crippen LogP contribution in [0.15, 0.2) is 35.7 Å². The second kappa shape index (κ2) is 5.83. The van der Waals surface area contributed by atoms with Gasteiger partial charge in [-0.1, -0.05) is 12.1 Å². The van der Waals surface area contributed by atoms with Crippen molar-refractivity contribution in [1.29, 1.82) is 0 Å². The molecule has 0 saturated heterocycles. The van der Waals surface area contributed by atoms with E-state index in [1.165, 1.54) is 14.0 Å². The number of fused-ring (bicyclic) bond motifs is 1. The normalized spacial score (nSPS) is 12.9. The third-order valence-corrected chi connectivity index (χ3v) is 5.28. The number of para-hydroxylation sites is 2. The number of hydrogen-bond donors (Lipinski definition) is 1. The zero-order valence-corrected chi connectivity index (χ0v) is 14.2. The molecule has 1 atom stereocenters. The Morgan fingerprint density at radius 1 is 1.40 bits per heavy atom. The van der Waals surface area contributed by atoms with Gasteiger partial charge in [-0.15, -0.1) is 11.3 Å². The SMILES string of the molecule is CCn1c(CC(N)c2csc(I)c2)nc2ccccc21. The second-order valence-corrected chi connectivity index (χ2v) is 7.56. The van der Waals surface area contributed by atoms with Crippen LogP contribution < -0.4 is 5.73 Å². The Labute approximate surface area is 136 Å². The zero-order valence-electron chi connectivity index (χ0n) is 11.2. The number of hydrogen-bond acceptors (Lipinski definition) is 3. The molecular weight excluding hydrogens is 381 g/mol. The van der Waals surface area contributed by atoms with Crippen molar-refractivity contribution in [1.82, 2.24) is 9.55 Å². The van der Waals surface area contributed by atoms with E-state index in [0.717, 1.165) is 24.3 Å². The van der Waals surface area contributed by atoms with E-state index in [1.54, 1.807) is 11.3 Å². The number of benzene rings is 1. The Morgan fingerprint density at radius 2 is 2.20 bits per heavy atom. The van der Waals surface area contributed by atoms with Crippen LogP contribution in [0.2, 0.25) is 0 Å². The molecule has 104 valence electrons. The minimum Gasteiger partial charge on any atom is -0.328 e. The first-order valence-corrected chi connectivity index (χ1v) is 8.58. The molecule has 3 nitrogen and oxygen atoms in total. The van der Waals surface area contributed by atoms with E-state index in [-0.39, 0.29) is 6.04 Å². The van der Waals surface area contributed by atoms with Gasteiger partial charge in [-0.25, -0.2) is 4.98 Å². The highest BCUT2D eigenvalue weighted by Crippen LogP contribution is 2.25. The summed E-state index contributed by atoms with van der Waals surface area (Å²) in [7, 11) is 0. The summed E-state index contributed by atoms with van der Waals surface area (Å²) < 4.78 is 3.53. The van der Waals surface area contributed by atoms with Gasteiger partial charge in [0, 0.05) is 19.0 Å². The van der Waals surface area contributed by atoms with Gasteiger partial charge in [0.15, 0.2) is 0 Å². The van der Waals surface area contributed by atoms with Crippen molar-refractivity contribution in [2.24, 2.45) is 5.73 Å². The summed E-state index contributed by atoms with van der Waals surface area (Å²) in [5.41, 5.74) is 9.78. The Kier molecular flexibility index (Phi) is 4.09. The number of aromatic nitrogens is 2. The molecule has 0 radical (unpaired) electrons.